The highest BCUT2D eigenvalue weighted by molar-refractivity contribution is 7.99. The molecule has 4 nitrogen and oxygen atoms in total. The summed E-state index contributed by atoms with van der Waals surface area (Å²) in [5.41, 5.74) is 7.62. The molecular weight excluding hydrogens is 220 g/mol. The van der Waals surface area contributed by atoms with E-state index in [2.05, 4.69) is 21.9 Å². The lowest BCUT2D eigenvalue weighted by Gasteiger charge is -2.24. The average Bonchev–Trinajstić information content (AvgIpc) is 2.81. The molecule has 0 radical (unpaired) electrons. The summed E-state index contributed by atoms with van der Waals surface area (Å²) < 4.78 is 0. The second-order valence-electron chi connectivity index (χ2n) is 4.11. The third-order valence-corrected chi connectivity index (χ3v) is 4.20. The van der Waals surface area contributed by atoms with Crippen molar-refractivity contribution < 1.29 is 0 Å². The van der Waals surface area contributed by atoms with Crippen molar-refractivity contribution in [1.82, 2.24) is 9.97 Å². The van der Waals surface area contributed by atoms with Crippen LogP contribution in [0.2, 0.25) is 0 Å². The van der Waals surface area contributed by atoms with Gasteiger partial charge in [0, 0.05) is 42.8 Å². The summed E-state index contributed by atoms with van der Waals surface area (Å²) >= 11 is 2.00. The highest BCUT2D eigenvalue weighted by atomic mass is 32.2. The van der Waals surface area contributed by atoms with Gasteiger partial charge in [-0.15, -0.1) is 0 Å². The molecule has 0 saturated carbocycles. The SMILES string of the molecule is Cc1nc(N(C)C2CCSC2)ncc1CN. The number of hydrogen-bond acceptors (Lipinski definition) is 5. The van der Waals surface area contributed by atoms with Crippen molar-refractivity contribution >= 4 is 17.7 Å². The van der Waals surface area contributed by atoms with E-state index in [1.54, 1.807) is 0 Å². The predicted octanol–water partition coefficient (Wildman–Crippen LogP) is 1.19. The average molecular weight is 238 g/mol. The molecule has 2 heterocycles. The lowest BCUT2D eigenvalue weighted by atomic mass is 10.2. The van der Waals surface area contributed by atoms with E-state index in [0.29, 0.717) is 12.6 Å². The monoisotopic (exact) mass is 238 g/mol. The van der Waals surface area contributed by atoms with Crippen LogP contribution in [0.4, 0.5) is 5.95 Å². The zero-order valence-corrected chi connectivity index (χ0v) is 10.6. The van der Waals surface area contributed by atoms with Gasteiger partial charge in [-0.05, 0) is 19.1 Å². The summed E-state index contributed by atoms with van der Waals surface area (Å²) in [5, 5.41) is 0. The largest absolute Gasteiger partial charge is 0.340 e. The number of hydrogen-bond donors (Lipinski definition) is 1. The summed E-state index contributed by atoms with van der Waals surface area (Å²) in [5.74, 6) is 3.24. The van der Waals surface area contributed by atoms with E-state index in [-0.39, 0.29) is 0 Å². The Kier molecular flexibility index (Phi) is 3.66. The number of anilines is 1. The Bertz CT molecular complexity index is 363. The Balaban J connectivity index is 2.16. The minimum Gasteiger partial charge on any atom is -0.340 e. The molecule has 1 aliphatic rings. The first-order chi connectivity index (χ1) is 7.72. The highest BCUT2D eigenvalue weighted by Crippen LogP contribution is 2.24. The molecule has 0 aliphatic carbocycles. The topological polar surface area (TPSA) is 55.0 Å². The van der Waals surface area contributed by atoms with Crippen molar-refractivity contribution in [2.75, 3.05) is 23.5 Å². The van der Waals surface area contributed by atoms with Crippen molar-refractivity contribution in [3.63, 3.8) is 0 Å². The minimum atomic E-state index is 0.509. The van der Waals surface area contributed by atoms with E-state index >= 15 is 0 Å². The van der Waals surface area contributed by atoms with E-state index in [1.807, 2.05) is 24.9 Å². The Morgan fingerprint density at radius 1 is 1.62 bits per heavy atom. The van der Waals surface area contributed by atoms with E-state index in [1.165, 1.54) is 17.9 Å². The smallest absolute Gasteiger partial charge is 0.225 e. The Morgan fingerprint density at radius 2 is 2.44 bits per heavy atom. The van der Waals surface area contributed by atoms with Crippen molar-refractivity contribution in [3.05, 3.63) is 17.5 Å². The summed E-state index contributed by atoms with van der Waals surface area (Å²) in [4.78, 5) is 11.1. The molecule has 0 bridgehead atoms. The molecular formula is C11H18N4S. The van der Waals surface area contributed by atoms with Gasteiger partial charge in [0.05, 0.1) is 0 Å². The van der Waals surface area contributed by atoms with Gasteiger partial charge in [-0.2, -0.15) is 11.8 Å². The zero-order valence-electron chi connectivity index (χ0n) is 9.81. The quantitative estimate of drug-likeness (QED) is 0.857. The summed E-state index contributed by atoms with van der Waals surface area (Å²) in [6.07, 6.45) is 3.07. The van der Waals surface area contributed by atoms with E-state index < -0.39 is 0 Å². The molecule has 16 heavy (non-hydrogen) atoms. The highest BCUT2D eigenvalue weighted by Gasteiger charge is 2.22. The second kappa shape index (κ2) is 5.01. The Labute approximate surface area is 101 Å². The predicted molar refractivity (Wildman–Crippen MR) is 68.8 cm³/mol. The summed E-state index contributed by atoms with van der Waals surface area (Å²) in [7, 11) is 2.08. The van der Waals surface area contributed by atoms with E-state index in [0.717, 1.165) is 17.2 Å². The Morgan fingerprint density at radius 3 is 3.00 bits per heavy atom. The van der Waals surface area contributed by atoms with Crippen molar-refractivity contribution in [2.45, 2.75) is 25.9 Å². The fourth-order valence-corrected chi connectivity index (χ4v) is 3.11. The van der Waals surface area contributed by atoms with Crippen LogP contribution < -0.4 is 10.6 Å². The van der Waals surface area contributed by atoms with Crippen molar-refractivity contribution in [2.24, 2.45) is 5.73 Å². The first-order valence-electron chi connectivity index (χ1n) is 5.55. The fourth-order valence-electron chi connectivity index (χ4n) is 1.84. The number of aromatic nitrogens is 2. The van der Waals surface area contributed by atoms with Crippen molar-refractivity contribution in [1.29, 1.82) is 0 Å². The lowest BCUT2D eigenvalue weighted by molar-refractivity contribution is 0.678. The molecule has 1 aromatic rings. The van der Waals surface area contributed by atoms with Gasteiger partial charge in [-0.25, -0.2) is 9.97 Å². The number of nitrogens with zero attached hydrogens (tertiary/aromatic N) is 3. The van der Waals surface area contributed by atoms with Crippen molar-refractivity contribution in [3.8, 4) is 0 Å². The maximum absolute atomic E-state index is 5.60. The van der Waals surface area contributed by atoms with Crippen LogP contribution >= 0.6 is 11.8 Å². The summed E-state index contributed by atoms with van der Waals surface area (Å²) in [6, 6.07) is 0.577. The lowest BCUT2D eigenvalue weighted by Crippen LogP contribution is -2.33. The third-order valence-electron chi connectivity index (χ3n) is 3.06. The van der Waals surface area contributed by atoms with Crippen LogP contribution in [0.3, 0.4) is 0 Å². The zero-order chi connectivity index (χ0) is 11.5. The van der Waals surface area contributed by atoms with Gasteiger partial charge in [0.15, 0.2) is 0 Å². The molecule has 1 unspecified atom stereocenters. The molecule has 1 atom stereocenters. The van der Waals surface area contributed by atoms with E-state index in [4.69, 9.17) is 5.73 Å². The number of aryl methyl sites for hydroxylation is 1. The van der Waals surface area contributed by atoms with Gasteiger partial charge in [0.2, 0.25) is 5.95 Å². The van der Waals surface area contributed by atoms with Crippen LogP contribution in [-0.2, 0) is 6.54 Å². The van der Waals surface area contributed by atoms with Gasteiger partial charge in [-0.1, -0.05) is 0 Å². The van der Waals surface area contributed by atoms with Gasteiger partial charge in [0.1, 0.15) is 0 Å². The maximum atomic E-state index is 5.60. The Hall–Kier alpha value is -0.810. The van der Waals surface area contributed by atoms with Gasteiger partial charge >= 0.3 is 0 Å². The molecule has 0 spiro atoms. The molecule has 0 aromatic carbocycles. The molecule has 1 fully saturated rings. The normalized spacial score (nSPS) is 20.1. The van der Waals surface area contributed by atoms with Gasteiger partial charge < -0.3 is 10.6 Å². The standard InChI is InChI=1S/C11H18N4S/c1-8-9(5-12)6-13-11(14-8)15(2)10-3-4-16-7-10/h6,10H,3-5,7,12H2,1-2H3. The molecule has 2 N–H and O–H groups in total. The fraction of sp³-hybridized carbons (Fsp3) is 0.636. The van der Waals surface area contributed by atoms with Crippen LogP contribution in [-0.4, -0.2) is 34.6 Å². The molecule has 2 rings (SSSR count). The molecule has 88 valence electrons. The first kappa shape index (κ1) is 11.7. The molecule has 1 saturated heterocycles. The van der Waals surface area contributed by atoms with Gasteiger partial charge in [0.25, 0.3) is 0 Å². The van der Waals surface area contributed by atoms with Crippen LogP contribution in [0.25, 0.3) is 0 Å². The van der Waals surface area contributed by atoms with Gasteiger partial charge in [-0.3, -0.25) is 0 Å². The molecule has 5 heteroatoms. The second-order valence-corrected chi connectivity index (χ2v) is 5.26. The van der Waals surface area contributed by atoms with Crippen LogP contribution in [0.15, 0.2) is 6.20 Å². The first-order valence-corrected chi connectivity index (χ1v) is 6.71. The maximum Gasteiger partial charge on any atom is 0.225 e. The molecule has 0 amide bonds. The van der Waals surface area contributed by atoms with Crippen LogP contribution in [0, 0.1) is 6.92 Å². The third kappa shape index (κ3) is 2.30. The number of nitrogens with two attached hydrogens (primary N) is 1. The van der Waals surface area contributed by atoms with Crippen LogP contribution in [0.5, 0.6) is 0 Å². The molecule has 1 aromatic heterocycles. The molecule has 1 aliphatic heterocycles. The minimum absolute atomic E-state index is 0.509. The van der Waals surface area contributed by atoms with Crippen LogP contribution in [0.1, 0.15) is 17.7 Å². The number of thioether (sulfide) groups is 1. The summed E-state index contributed by atoms with van der Waals surface area (Å²) in [6.45, 7) is 2.50. The van der Waals surface area contributed by atoms with E-state index in [9.17, 15) is 0 Å². The number of rotatable bonds is 3.